The minimum absolute atomic E-state index is 0.0345. The molecule has 1 N–H and O–H groups in total. The standard InChI is InChI=1S/C11H13NO4S/c1-9-2-4-11(5-3-9)17(14,15)16-8-10(13)6-7-12/h2-5,10,13H,6,8H2,1H3/t10-/m1/s1. The first-order valence-electron chi connectivity index (χ1n) is 4.97. The van der Waals surface area contributed by atoms with Crippen molar-refractivity contribution < 1.29 is 17.7 Å². The van der Waals surface area contributed by atoms with Gasteiger partial charge in [-0.1, -0.05) is 17.7 Å². The van der Waals surface area contributed by atoms with E-state index < -0.39 is 22.8 Å². The van der Waals surface area contributed by atoms with Gasteiger partial charge in [-0.2, -0.15) is 13.7 Å². The second-order valence-electron chi connectivity index (χ2n) is 3.57. The van der Waals surface area contributed by atoms with Crippen molar-refractivity contribution in [2.24, 2.45) is 0 Å². The first-order valence-corrected chi connectivity index (χ1v) is 6.37. The molecular weight excluding hydrogens is 242 g/mol. The summed E-state index contributed by atoms with van der Waals surface area (Å²) in [5.41, 5.74) is 0.938. The number of aliphatic hydroxyl groups is 1. The molecule has 92 valence electrons. The molecule has 0 aliphatic carbocycles. The molecule has 1 aromatic rings. The third-order valence-electron chi connectivity index (χ3n) is 2.05. The van der Waals surface area contributed by atoms with Crippen molar-refractivity contribution in [2.75, 3.05) is 6.61 Å². The number of nitrogens with zero attached hydrogens (tertiary/aromatic N) is 1. The molecule has 0 heterocycles. The molecule has 0 unspecified atom stereocenters. The van der Waals surface area contributed by atoms with Crippen LogP contribution >= 0.6 is 0 Å². The van der Waals surface area contributed by atoms with E-state index in [0.29, 0.717) is 0 Å². The fraction of sp³-hybridized carbons (Fsp3) is 0.364. The van der Waals surface area contributed by atoms with Gasteiger partial charge in [-0.25, -0.2) is 0 Å². The highest BCUT2D eigenvalue weighted by Crippen LogP contribution is 2.13. The zero-order valence-corrected chi connectivity index (χ0v) is 10.1. The molecule has 5 nitrogen and oxygen atoms in total. The molecule has 0 aromatic heterocycles. The zero-order chi connectivity index (χ0) is 12.9. The maximum Gasteiger partial charge on any atom is 0.297 e. The van der Waals surface area contributed by atoms with Gasteiger partial charge in [0.1, 0.15) is 0 Å². The summed E-state index contributed by atoms with van der Waals surface area (Å²) in [6.07, 6.45) is -1.26. The topological polar surface area (TPSA) is 87.4 Å². The maximum atomic E-state index is 11.6. The average Bonchev–Trinajstić information content (AvgIpc) is 2.28. The Morgan fingerprint density at radius 1 is 1.41 bits per heavy atom. The highest BCUT2D eigenvalue weighted by atomic mass is 32.2. The summed E-state index contributed by atoms with van der Waals surface area (Å²) >= 11 is 0. The summed E-state index contributed by atoms with van der Waals surface area (Å²) in [5, 5.41) is 17.5. The van der Waals surface area contributed by atoms with Gasteiger partial charge in [-0.05, 0) is 19.1 Å². The summed E-state index contributed by atoms with van der Waals surface area (Å²) < 4.78 is 27.9. The molecule has 0 bridgehead atoms. The molecule has 0 saturated heterocycles. The molecule has 1 rings (SSSR count). The van der Waals surface area contributed by atoms with Crippen LogP contribution in [0.3, 0.4) is 0 Å². The van der Waals surface area contributed by atoms with Crippen LogP contribution in [0.2, 0.25) is 0 Å². The Bertz CT molecular complexity index is 501. The van der Waals surface area contributed by atoms with Crippen LogP contribution in [0.25, 0.3) is 0 Å². The fourth-order valence-electron chi connectivity index (χ4n) is 1.11. The van der Waals surface area contributed by atoms with E-state index in [-0.39, 0.29) is 11.3 Å². The van der Waals surface area contributed by atoms with Gasteiger partial charge in [0, 0.05) is 0 Å². The summed E-state index contributed by atoms with van der Waals surface area (Å²) in [7, 11) is -3.86. The third-order valence-corrected chi connectivity index (χ3v) is 3.35. The highest BCUT2D eigenvalue weighted by Gasteiger charge is 2.16. The number of aryl methyl sites for hydroxylation is 1. The zero-order valence-electron chi connectivity index (χ0n) is 9.33. The SMILES string of the molecule is Cc1ccc(S(=O)(=O)OC[C@H](O)CC#N)cc1. The Labute approximate surface area is 100 Å². The van der Waals surface area contributed by atoms with Crippen LogP contribution in [0.1, 0.15) is 12.0 Å². The lowest BCUT2D eigenvalue weighted by Crippen LogP contribution is -2.18. The van der Waals surface area contributed by atoms with Gasteiger partial charge in [0.25, 0.3) is 10.1 Å². The smallest absolute Gasteiger partial charge is 0.297 e. The molecule has 0 amide bonds. The molecule has 1 atom stereocenters. The van der Waals surface area contributed by atoms with Crippen molar-refractivity contribution in [3.63, 3.8) is 0 Å². The lowest BCUT2D eigenvalue weighted by Gasteiger charge is -2.08. The Morgan fingerprint density at radius 2 is 2.00 bits per heavy atom. The van der Waals surface area contributed by atoms with Crippen molar-refractivity contribution in [3.05, 3.63) is 29.8 Å². The Kier molecular flexibility index (Phi) is 4.63. The van der Waals surface area contributed by atoms with Gasteiger partial charge in [-0.15, -0.1) is 0 Å². The lowest BCUT2D eigenvalue weighted by atomic mass is 10.2. The van der Waals surface area contributed by atoms with E-state index in [2.05, 4.69) is 4.18 Å². The van der Waals surface area contributed by atoms with Crippen molar-refractivity contribution in [1.82, 2.24) is 0 Å². The van der Waals surface area contributed by atoms with Crippen LogP contribution in [-0.2, 0) is 14.3 Å². The van der Waals surface area contributed by atoms with E-state index in [1.165, 1.54) is 12.1 Å². The fourth-order valence-corrected chi connectivity index (χ4v) is 2.05. The van der Waals surface area contributed by atoms with Crippen molar-refractivity contribution in [1.29, 1.82) is 5.26 Å². The van der Waals surface area contributed by atoms with Gasteiger partial charge in [0.15, 0.2) is 0 Å². The maximum absolute atomic E-state index is 11.6. The van der Waals surface area contributed by atoms with E-state index in [1.54, 1.807) is 18.2 Å². The van der Waals surface area contributed by atoms with Crippen LogP contribution in [0.4, 0.5) is 0 Å². The van der Waals surface area contributed by atoms with E-state index >= 15 is 0 Å². The van der Waals surface area contributed by atoms with Gasteiger partial charge in [0.05, 0.1) is 30.1 Å². The average molecular weight is 255 g/mol. The first-order chi connectivity index (χ1) is 7.95. The first kappa shape index (κ1) is 13.6. The van der Waals surface area contributed by atoms with Gasteiger partial charge < -0.3 is 5.11 Å². The second-order valence-corrected chi connectivity index (χ2v) is 5.18. The molecule has 0 fully saturated rings. The normalized spacial score (nSPS) is 13.0. The Morgan fingerprint density at radius 3 is 2.53 bits per heavy atom. The summed E-state index contributed by atoms with van der Waals surface area (Å²) in [6.45, 7) is 1.43. The molecule has 1 aromatic carbocycles. The van der Waals surface area contributed by atoms with Crippen molar-refractivity contribution in [2.45, 2.75) is 24.3 Å². The molecule has 17 heavy (non-hydrogen) atoms. The number of rotatable bonds is 5. The molecular formula is C11H13NO4S. The number of benzene rings is 1. The summed E-state index contributed by atoms with van der Waals surface area (Å²) in [6, 6.07) is 7.90. The molecule has 6 heteroatoms. The second kappa shape index (κ2) is 5.77. The van der Waals surface area contributed by atoms with Gasteiger partial charge in [-0.3, -0.25) is 4.18 Å². The number of nitriles is 1. The highest BCUT2D eigenvalue weighted by molar-refractivity contribution is 7.86. The predicted octanol–water partition coefficient (Wildman–Crippen LogP) is 0.975. The summed E-state index contributed by atoms with van der Waals surface area (Å²) in [5.74, 6) is 0. The van der Waals surface area contributed by atoms with Crippen molar-refractivity contribution >= 4 is 10.1 Å². The quantitative estimate of drug-likeness (QED) is 0.792. The molecule has 0 spiro atoms. The van der Waals surface area contributed by atoms with Crippen LogP contribution < -0.4 is 0 Å². The van der Waals surface area contributed by atoms with E-state index in [0.717, 1.165) is 5.56 Å². The number of hydrogen-bond donors (Lipinski definition) is 1. The molecule has 0 saturated carbocycles. The molecule has 0 aliphatic heterocycles. The van der Waals surface area contributed by atoms with Gasteiger partial charge >= 0.3 is 0 Å². The van der Waals surface area contributed by atoms with E-state index in [1.807, 2.05) is 6.92 Å². The van der Waals surface area contributed by atoms with E-state index in [4.69, 9.17) is 5.26 Å². The summed E-state index contributed by atoms with van der Waals surface area (Å²) in [4.78, 5) is 0.0345. The largest absolute Gasteiger partial charge is 0.390 e. The van der Waals surface area contributed by atoms with Crippen LogP contribution in [0.15, 0.2) is 29.2 Å². The van der Waals surface area contributed by atoms with Crippen LogP contribution in [-0.4, -0.2) is 26.2 Å². The monoisotopic (exact) mass is 255 g/mol. The number of hydrogen-bond acceptors (Lipinski definition) is 5. The Hall–Kier alpha value is -1.42. The Balaban J connectivity index is 2.70. The third kappa shape index (κ3) is 4.15. The minimum atomic E-state index is -3.86. The molecule has 0 radical (unpaired) electrons. The van der Waals surface area contributed by atoms with Crippen LogP contribution in [0, 0.1) is 18.3 Å². The van der Waals surface area contributed by atoms with Crippen molar-refractivity contribution in [3.8, 4) is 6.07 Å². The molecule has 0 aliphatic rings. The predicted molar refractivity (Wildman–Crippen MR) is 60.6 cm³/mol. The lowest BCUT2D eigenvalue weighted by molar-refractivity contribution is 0.114. The van der Waals surface area contributed by atoms with E-state index in [9.17, 15) is 13.5 Å². The minimum Gasteiger partial charge on any atom is -0.390 e. The number of aliphatic hydroxyl groups excluding tert-OH is 1. The van der Waals surface area contributed by atoms with Gasteiger partial charge in [0.2, 0.25) is 0 Å². The van der Waals surface area contributed by atoms with Crippen LogP contribution in [0.5, 0.6) is 0 Å².